The van der Waals surface area contributed by atoms with Crippen LogP contribution in [0, 0.1) is 32.1 Å². The Bertz CT molecular complexity index is 1160. The molecule has 0 saturated carbocycles. The molecule has 0 aliphatic heterocycles. The molecule has 3 amide bonds. The molecule has 2 aromatic rings. The molecule has 0 aromatic heterocycles. The molecule has 3 N–H and O–H groups in total. The first-order valence-electron chi connectivity index (χ1n) is 11.6. The van der Waals surface area contributed by atoms with Crippen molar-refractivity contribution in [3.63, 3.8) is 0 Å². The maximum atomic E-state index is 13.7. The monoisotopic (exact) mass is 494 g/mol. The molecule has 2 rings (SSSR count). The summed E-state index contributed by atoms with van der Waals surface area (Å²) in [5.74, 6) is -1.46. The number of hydrogen-bond acceptors (Lipinski definition) is 6. The van der Waals surface area contributed by atoms with Crippen LogP contribution in [0.1, 0.15) is 56.0 Å². The van der Waals surface area contributed by atoms with Gasteiger partial charge in [-0.2, -0.15) is 5.26 Å². The third kappa shape index (κ3) is 6.98. The summed E-state index contributed by atoms with van der Waals surface area (Å²) in [5, 5.41) is 25.7. The maximum Gasteiger partial charge on any atom is 0.408 e. The van der Waals surface area contributed by atoms with Gasteiger partial charge in [-0.3, -0.25) is 9.59 Å². The van der Waals surface area contributed by atoms with E-state index in [1.54, 1.807) is 39.8 Å². The minimum absolute atomic E-state index is 0.159. The van der Waals surface area contributed by atoms with Crippen LogP contribution in [0.4, 0.5) is 10.5 Å². The lowest BCUT2D eigenvalue weighted by molar-refractivity contribution is -0.139. The Morgan fingerprint density at radius 2 is 1.61 bits per heavy atom. The van der Waals surface area contributed by atoms with Crippen molar-refractivity contribution in [2.45, 2.75) is 66.2 Å². The van der Waals surface area contributed by atoms with Gasteiger partial charge in [0.25, 0.3) is 5.91 Å². The number of amides is 3. The van der Waals surface area contributed by atoms with Gasteiger partial charge in [0.05, 0.1) is 6.07 Å². The standard InChI is InChI=1S/C27H34N4O5/c1-16-10-8-11-17(2)21(16)30-24(33)22(20-13-9-12-18(3)23(20)32)31(15-14-28)25(34)19(4)29-26(35)36-27(5,6)7/h8-13,19,22,32H,15H2,1-7H3,(H,29,35)(H,30,33). The fraction of sp³-hybridized carbons (Fsp3) is 0.407. The molecule has 2 unspecified atom stereocenters. The molecule has 192 valence electrons. The van der Waals surface area contributed by atoms with Crippen LogP contribution in [-0.4, -0.2) is 46.1 Å². The minimum atomic E-state index is -1.35. The van der Waals surface area contributed by atoms with Gasteiger partial charge in [-0.05, 0) is 65.2 Å². The molecule has 0 heterocycles. The molecule has 9 nitrogen and oxygen atoms in total. The Balaban J connectivity index is 2.51. The third-order valence-electron chi connectivity index (χ3n) is 5.48. The van der Waals surface area contributed by atoms with Gasteiger partial charge < -0.3 is 25.4 Å². The van der Waals surface area contributed by atoms with Crippen LogP contribution >= 0.6 is 0 Å². The van der Waals surface area contributed by atoms with E-state index in [0.29, 0.717) is 11.3 Å². The Hall–Kier alpha value is -4.06. The highest BCUT2D eigenvalue weighted by molar-refractivity contribution is 6.00. The maximum absolute atomic E-state index is 13.7. The molecule has 0 bridgehead atoms. The van der Waals surface area contributed by atoms with Crippen molar-refractivity contribution in [1.82, 2.24) is 10.2 Å². The second-order valence-electron chi connectivity index (χ2n) is 9.66. The predicted octanol–water partition coefficient (Wildman–Crippen LogP) is 4.26. The van der Waals surface area contributed by atoms with Crippen LogP contribution in [0.25, 0.3) is 0 Å². The van der Waals surface area contributed by atoms with E-state index < -0.39 is 42.1 Å². The number of para-hydroxylation sites is 2. The molecule has 0 fully saturated rings. The summed E-state index contributed by atoms with van der Waals surface area (Å²) >= 11 is 0. The van der Waals surface area contributed by atoms with Crippen LogP contribution in [0.5, 0.6) is 5.75 Å². The van der Waals surface area contributed by atoms with Crippen molar-refractivity contribution in [2.75, 3.05) is 11.9 Å². The van der Waals surface area contributed by atoms with E-state index in [1.165, 1.54) is 13.0 Å². The van der Waals surface area contributed by atoms with Crippen molar-refractivity contribution in [2.24, 2.45) is 0 Å². The van der Waals surface area contributed by atoms with Crippen molar-refractivity contribution >= 4 is 23.6 Å². The zero-order chi connectivity index (χ0) is 27.2. The number of hydrogen-bond donors (Lipinski definition) is 3. The molecular formula is C27H34N4O5. The van der Waals surface area contributed by atoms with E-state index >= 15 is 0 Å². The normalized spacial score (nSPS) is 12.6. The van der Waals surface area contributed by atoms with Crippen LogP contribution in [-0.2, 0) is 14.3 Å². The van der Waals surface area contributed by atoms with Crippen LogP contribution in [0.2, 0.25) is 0 Å². The molecule has 0 aliphatic rings. The molecule has 0 saturated heterocycles. The van der Waals surface area contributed by atoms with E-state index in [-0.39, 0.29) is 11.3 Å². The second kappa shape index (κ2) is 11.6. The van der Waals surface area contributed by atoms with Crippen molar-refractivity contribution in [1.29, 1.82) is 5.26 Å². The average Bonchev–Trinajstić information content (AvgIpc) is 2.77. The van der Waals surface area contributed by atoms with Crippen LogP contribution in [0.15, 0.2) is 36.4 Å². The highest BCUT2D eigenvalue weighted by Crippen LogP contribution is 2.33. The number of carbonyl (C=O) groups is 3. The number of phenols is 1. The SMILES string of the molecule is Cc1cccc(C(C(=O)Nc2c(C)cccc2C)N(CC#N)C(=O)C(C)NC(=O)OC(C)(C)C)c1O. The third-order valence-corrected chi connectivity index (χ3v) is 5.48. The highest BCUT2D eigenvalue weighted by Gasteiger charge is 2.36. The summed E-state index contributed by atoms with van der Waals surface area (Å²) in [7, 11) is 0. The number of rotatable bonds is 7. The summed E-state index contributed by atoms with van der Waals surface area (Å²) in [6.07, 6.45) is -0.810. The number of benzene rings is 2. The van der Waals surface area contributed by atoms with Gasteiger partial charge in [0.1, 0.15) is 30.0 Å². The van der Waals surface area contributed by atoms with Crippen molar-refractivity contribution in [3.05, 3.63) is 58.7 Å². The van der Waals surface area contributed by atoms with Gasteiger partial charge in [-0.15, -0.1) is 0 Å². The topological polar surface area (TPSA) is 132 Å². The number of aryl methyl sites for hydroxylation is 3. The van der Waals surface area contributed by atoms with Gasteiger partial charge in [0.2, 0.25) is 5.91 Å². The van der Waals surface area contributed by atoms with E-state index in [9.17, 15) is 24.8 Å². The molecule has 2 aromatic carbocycles. The van der Waals surface area contributed by atoms with Gasteiger partial charge in [-0.1, -0.05) is 36.4 Å². The number of phenolic OH excluding ortho intramolecular Hbond substituents is 1. The van der Waals surface area contributed by atoms with E-state index in [2.05, 4.69) is 10.6 Å². The Morgan fingerprint density at radius 1 is 1.06 bits per heavy atom. The van der Waals surface area contributed by atoms with E-state index in [4.69, 9.17) is 4.74 Å². The number of nitrogens with zero attached hydrogens (tertiary/aromatic N) is 2. The Morgan fingerprint density at radius 3 is 2.17 bits per heavy atom. The first-order valence-corrected chi connectivity index (χ1v) is 11.6. The largest absolute Gasteiger partial charge is 0.507 e. The smallest absolute Gasteiger partial charge is 0.408 e. The average molecular weight is 495 g/mol. The van der Waals surface area contributed by atoms with Gasteiger partial charge in [0.15, 0.2) is 0 Å². The first kappa shape index (κ1) is 28.2. The summed E-state index contributed by atoms with van der Waals surface area (Å²) < 4.78 is 5.23. The number of nitriles is 1. The molecule has 0 radical (unpaired) electrons. The van der Waals surface area contributed by atoms with Crippen molar-refractivity contribution in [3.8, 4) is 11.8 Å². The minimum Gasteiger partial charge on any atom is -0.507 e. The predicted molar refractivity (Wildman–Crippen MR) is 136 cm³/mol. The molecule has 2 atom stereocenters. The number of carbonyl (C=O) groups excluding carboxylic acids is 3. The van der Waals surface area contributed by atoms with Crippen LogP contribution in [0.3, 0.4) is 0 Å². The summed E-state index contributed by atoms with van der Waals surface area (Å²) in [4.78, 5) is 40.5. The summed E-state index contributed by atoms with van der Waals surface area (Å²) in [5.41, 5.74) is 2.08. The summed E-state index contributed by atoms with van der Waals surface area (Å²) in [6, 6.07) is 9.85. The number of nitrogens with one attached hydrogen (secondary N) is 2. The zero-order valence-electron chi connectivity index (χ0n) is 21.8. The zero-order valence-corrected chi connectivity index (χ0v) is 21.8. The van der Waals surface area contributed by atoms with Gasteiger partial charge in [-0.25, -0.2) is 4.79 Å². The summed E-state index contributed by atoms with van der Waals surface area (Å²) in [6.45, 7) is 11.4. The fourth-order valence-corrected chi connectivity index (χ4v) is 3.72. The molecule has 0 aliphatic carbocycles. The van der Waals surface area contributed by atoms with Crippen LogP contribution < -0.4 is 10.6 Å². The Kier molecular flexibility index (Phi) is 9.06. The Labute approximate surface area is 212 Å². The molecule has 36 heavy (non-hydrogen) atoms. The number of ether oxygens (including phenoxy) is 1. The lowest BCUT2D eigenvalue weighted by Crippen LogP contribution is -2.51. The van der Waals surface area contributed by atoms with E-state index in [0.717, 1.165) is 16.0 Å². The number of anilines is 1. The lowest BCUT2D eigenvalue weighted by atomic mass is 9.99. The number of aromatic hydroxyl groups is 1. The first-order chi connectivity index (χ1) is 16.8. The molecular weight excluding hydrogens is 460 g/mol. The highest BCUT2D eigenvalue weighted by atomic mass is 16.6. The number of alkyl carbamates (subject to hydrolysis) is 1. The van der Waals surface area contributed by atoms with Gasteiger partial charge >= 0.3 is 6.09 Å². The quantitative estimate of drug-likeness (QED) is 0.493. The van der Waals surface area contributed by atoms with Crippen molar-refractivity contribution < 1.29 is 24.2 Å². The molecule has 0 spiro atoms. The fourth-order valence-electron chi connectivity index (χ4n) is 3.72. The second-order valence-corrected chi connectivity index (χ2v) is 9.66. The van der Waals surface area contributed by atoms with E-state index in [1.807, 2.05) is 38.1 Å². The molecule has 9 heteroatoms. The lowest BCUT2D eigenvalue weighted by Gasteiger charge is -2.32. The van der Waals surface area contributed by atoms with Gasteiger partial charge in [0, 0.05) is 11.3 Å².